The molecule has 21 heavy (non-hydrogen) atoms. The number of rotatable bonds is 3. The first-order valence-corrected chi connectivity index (χ1v) is 8.77. The summed E-state index contributed by atoms with van der Waals surface area (Å²) in [4.78, 5) is 12.3. The van der Waals surface area contributed by atoms with Crippen molar-refractivity contribution in [3.05, 3.63) is 11.8 Å². The van der Waals surface area contributed by atoms with E-state index < -0.39 is 16.1 Å². The summed E-state index contributed by atoms with van der Waals surface area (Å²) < 4.78 is 24.6. The lowest BCUT2D eigenvalue weighted by Crippen LogP contribution is -2.42. The Bertz CT molecular complexity index is 630. The smallest absolute Gasteiger partial charge is 0.244 e. The van der Waals surface area contributed by atoms with Crippen molar-refractivity contribution in [2.24, 2.45) is 0 Å². The SMILES string of the molecule is CC(C)(C)c1cc(NC(=O)C2CCCN2S(C)(=O)=O)n[nH]1. The highest BCUT2D eigenvalue weighted by Gasteiger charge is 2.36. The maximum absolute atomic E-state index is 12.3. The fourth-order valence-electron chi connectivity index (χ4n) is 2.38. The van der Waals surface area contributed by atoms with Gasteiger partial charge in [0, 0.05) is 23.7 Å². The molecule has 8 heteroatoms. The van der Waals surface area contributed by atoms with Crippen molar-refractivity contribution in [2.75, 3.05) is 18.1 Å². The van der Waals surface area contributed by atoms with Crippen LogP contribution < -0.4 is 5.32 Å². The Balaban J connectivity index is 2.10. The normalized spacial score (nSPS) is 20.7. The molecule has 1 aromatic heterocycles. The second-order valence-corrected chi connectivity index (χ2v) is 8.37. The number of nitrogens with one attached hydrogen (secondary N) is 2. The van der Waals surface area contributed by atoms with Gasteiger partial charge in [-0.15, -0.1) is 0 Å². The van der Waals surface area contributed by atoms with Crippen LogP contribution in [0.4, 0.5) is 5.82 Å². The molecule has 2 heterocycles. The highest BCUT2D eigenvalue weighted by Crippen LogP contribution is 2.24. The Morgan fingerprint density at radius 1 is 1.48 bits per heavy atom. The van der Waals surface area contributed by atoms with Crippen molar-refractivity contribution in [3.8, 4) is 0 Å². The molecular formula is C13H22N4O3S. The summed E-state index contributed by atoms with van der Waals surface area (Å²) in [6, 6.07) is 1.13. The van der Waals surface area contributed by atoms with Crippen molar-refractivity contribution in [2.45, 2.75) is 45.1 Å². The van der Waals surface area contributed by atoms with Gasteiger partial charge in [0.15, 0.2) is 5.82 Å². The van der Waals surface area contributed by atoms with E-state index in [0.29, 0.717) is 25.2 Å². The predicted molar refractivity (Wildman–Crippen MR) is 80.5 cm³/mol. The Labute approximate surface area is 125 Å². The minimum atomic E-state index is -3.36. The highest BCUT2D eigenvalue weighted by molar-refractivity contribution is 7.88. The first kappa shape index (κ1) is 16.0. The number of carbonyl (C=O) groups excluding carboxylic acids is 1. The summed E-state index contributed by atoms with van der Waals surface area (Å²) in [5.41, 5.74) is 0.812. The van der Waals surface area contributed by atoms with Gasteiger partial charge in [0.2, 0.25) is 15.9 Å². The molecule has 0 aromatic carbocycles. The molecule has 1 atom stereocenters. The maximum atomic E-state index is 12.3. The lowest BCUT2D eigenvalue weighted by molar-refractivity contribution is -0.119. The number of amides is 1. The molecule has 1 fully saturated rings. The average Bonchev–Trinajstić information content (AvgIpc) is 2.94. The van der Waals surface area contributed by atoms with Crippen LogP contribution in [0, 0.1) is 0 Å². The predicted octanol–water partition coefficient (Wildman–Crippen LogP) is 1.07. The number of aromatic amines is 1. The summed E-state index contributed by atoms with van der Waals surface area (Å²) in [7, 11) is -3.36. The van der Waals surface area contributed by atoms with E-state index in [4.69, 9.17) is 0 Å². The standard InChI is InChI=1S/C13H22N4O3S/c1-13(2,3)10-8-11(16-15-10)14-12(18)9-6-5-7-17(9)21(4,19)20/h8-9H,5-7H2,1-4H3,(H2,14,15,16,18). The molecule has 1 saturated heterocycles. The van der Waals surface area contributed by atoms with Gasteiger partial charge in [0.25, 0.3) is 0 Å². The lowest BCUT2D eigenvalue weighted by atomic mass is 9.92. The zero-order valence-electron chi connectivity index (χ0n) is 12.8. The monoisotopic (exact) mass is 314 g/mol. The third-order valence-corrected chi connectivity index (χ3v) is 4.86. The molecule has 118 valence electrons. The van der Waals surface area contributed by atoms with Gasteiger partial charge in [-0.3, -0.25) is 9.89 Å². The summed E-state index contributed by atoms with van der Waals surface area (Å²) in [5, 5.41) is 9.63. The van der Waals surface area contributed by atoms with Gasteiger partial charge in [0.05, 0.1) is 6.26 Å². The molecule has 0 bridgehead atoms. The minimum absolute atomic E-state index is 0.0951. The van der Waals surface area contributed by atoms with Gasteiger partial charge in [-0.1, -0.05) is 20.8 Å². The quantitative estimate of drug-likeness (QED) is 0.872. The average molecular weight is 314 g/mol. The van der Waals surface area contributed by atoms with Crippen LogP contribution in [0.3, 0.4) is 0 Å². The van der Waals surface area contributed by atoms with E-state index in [0.717, 1.165) is 11.9 Å². The highest BCUT2D eigenvalue weighted by atomic mass is 32.2. The van der Waals surface area contributed by atoms with Crippen molar-refractivity contribution in [1.82, 2.24) is 14.5 Å². The molecule has 0 aliphatic carbocycles. The Morgan fingerprint density at radius 2 is 2.14 bits per heavy atom. The molecule has 0 spiro atoms. The van der Waals surface area contributed by atoms with Crippen molar-refractivity contribution in [1.29, 1.82) is 0 Å². The molecule has 2 rings (SSSR count). The van der Waals surface area contributed by atoms with E-state index in [1.165, 1.54) is 4.31 Å². The number of carbonyl (C=O) groups is 1. The number of sulfonamides is 1. The first-order valence-electron chi connectivity index (χ1n) is 6.92. The van der Waals surface area contributed by atoms with Gasteiger partial charge in [-0.05, 0) is 12.8 Å². The number of hydrogen-bond donors (Lipinski definition) is 2. The van der Waals surface area contributed by atoms with Crippen LogP contribution in [0.1, 0.15) is 39.3 Å². The van der Waals surface area contributed by atoms with Crippen LogP contribution in [0.2, 0.25) is 0 Å². The van der Waals surface area contributed by atoms with Crippen LogP contribution >= 0.6 is 0 Å². The molecule has 1 unspecified atom stereocenters. The molecule has 0 saturated carbocycles. The van der Waals surface area contributed by atoms with Gasteiger partial charge >= 0.3 is 0 Å². The van der Waals surface area contributed by atoms with E-state index >= 15 is 0 Å². The Morgan fingerprint density at radius 3 is 2.67 bits per heavy atom. The summed E-state index contributed by atoms with van der Waals surface area (Å²) in [6.07, 6.45) is 2.36. The van der Waals surface area contributed by atoms with E-state index in [1.807, 2.05) is 20.8 Å². The second-order valence-electron chi connectivity index (χ2n) is 6.44. The zero-order valence-corrected chi connectivity index (χ0v) is 13.6. The maximum Gasteiger partial charge on any atom is 0.244 e. The molecule has 1 aromatic rings. The van der Waals surface area contributed by atoms with E-state index in [1.54, 1.807) is 6.07 Å². The largest absolute Gasteiger partial charge is 0.308 e. The lowest BCUT2D eigenvalue weighted by Gasteiger charge is -2.20. The van der Waals surface area contributed by atoms with E-state index in [-0.39, 0.29) is 11.3 Å². The molecule has 0 radical (unpaired) electrons. The summed E-state index contributed by atoms with van der Waals surface area (Å²) in [5.74, 6) is 0.0927. The third kappa shape index (κ3) is 3.62. The molecule has 1 aliphatic heterocycles. The van der Waals surface area contributed by atoms with Gasteiger partial charge in [-0.25, -0.2) is 8.42 Å². The van der Waals surface area contributed by atoms with Gasteiger partial charge < -0.3 is 5.32 Å². The van der Waals surface area contributed by atoms with Crippen molar-refractivity contribution in [3.63, 3.8) is 0 Å². The van der Waals surface area contributed by atoms with E-state index in [9.17, 15) is 13.2 Å². The first-order chi connectivity index (χ1) is 9.59. The summed E-state index contributed by atoms with van der Waals surface area (Å²) in [6.45, 7) is 6.50. The number of nitrogens with zero attached hydrogens (tertiary/aromatic N) is 2. The Hall–Kier alpha value is -1.41. The number of hydrogen-bond acceptors (Lipinski definition) is 4. The fourth-order valence-corrected chi connectivity index (χ4v) is 3.50. The third-order valence-electron chi connectivity index (χ3n) is 3.57. The number of aromatic nitrogens is 2. The zero-order chi connectivity index (χ0) is 15.8. The topological polar surface area (TPSA) is 95.2 Å². The van der Waals surface area contributed by atoms with Crippen LogP contribution in [-0.2, 0) is 20.2 Å². The van der Waals surface area contributed by atoms with E-state index in [2.05, 4.69) is 15.5 Å². The van der Waals surface area contributed by atoms with Gasteiger partial charge in [0.1, 0.15) is 6.04 Å². The van der Waals surface area contributed by atoms with Crippen molar-refractivity contribution < 1.29 is 13.2 Å². The number of H-pyrrole nitrogens is 1. The fraction of sp³-hybridized carbons (Fsp3) is 0.692. The minimum Gasteiger partial charge on any atom is -0.308 e. The molecule has 1 aliphatic rings. The molecule has 7 nitrogen and oxygen atoms in total. The van der Waals surface area contributed by atoms with Crippen LogP contribution in [0.25, 0.3) is 0 Å². The second kappa shape index (κ2) is 5.42. The van der Waals surface area contributed by atoms with Gasteiger partial charge in [-0.2, -0.15) is 9.40 Å². The van der Waals surface area contributed by atoms with Crippen LogP contribution in [-0.4, -0.2) is 47.7 Å². The number of anilines is 1. The van der Waals surface area contributed by atoms with Crippen molar-refractivity contribution >= 4 is 21.7 Å². The van der Waals surface area contributed by atoms with Crippen LogP contribution in [0.15, 0.2) is 6.07 Å². The molecule has 2 N–H and O–H groups in total. The Kier molecular flexibility index (Phi) is 4.12. The van der Waals surface area contributed by atoms with Crippen LogP contribution in [0.5, 0.6) is 0 Å². The molecular weight excluding hydrogens is 292 g/mol. The molecule has 1 amide bonds. The summed E-state index contributed by atoms with van der Waals surface area (Å²) >= 11 is 0.